The van der Waals surface area contributed by atoms with Crippen molar-refractivity contribution in [3.63, 3.8) is 0 Å². The number of nitrogens with zero attached hydrogens (tertiary/aromatic N) is 6. The highest BCUT2D eigenvalue weighted by atomic mass is 16.3. The minimum Gasteiger partial charge on any atom is -0.452 e. The minimum absolute atomic E-state index is 0.00271. The molecule has 7 nitrogen and oxygen atoms in total. The van der Waals surface area contributed by atoms with Crippen LogP contribution >= 0.6 is 0 Å². The lowest BCUT2D eigenvalue weighted by Crippen LogP contribution is -2.61. The van der Waals surface area contributed by atoms with Gasteiger partial charge in [0.25, 0.3) is 6.71 Å². The monoisotopic (exact) mass is 1720 g/mol. The van der Waals surface area contributed by atoms with Crippen molar-refractivity contribution in [3.05, 3.63) is 354 Å². The van der Waals surface area contributed by atoms with E-state index in [0.29, 0.717) is 27.9 Å². The minimum atomic E-state index is -0.518. The van der Waals surface area contributed by atoms with Crippen molar-refractivity contribution in [1.82, 2.24) is 18.3 Å². The molecule has 21 aromatic rings. The molecule has 0 fully saturated rings. The van der Waals surface area contributed by atoms with E-state index in [-0.39, 0.29) is 59.7 Å². The van der Waals surface area contributed by atoms with Crippen LogP contribution in [0.5, 0.6) is 0 Å². The zero-order chi connectivity index (χ0) is 98.4. The van der Waals surface area contributed by atoms with Crippen molar-refractivity contribution in [3.8, 4) is 45.0 Å². The molecule has 0 amide bonds. The fourth-order valence-corrected chi connectivity index (χ4v) is 21.4. The van der Waals surface area contributed by atoms with Crippen molar-refractivity contribution in [1.29, 1.82) is 0 Å². The van der Waals surface area contributed by atoms with Gasteiger partial charge in [0, 0.05) is 99.1 Å². The molecule has 16 aromatic carbocycles. The molecule has 0 aliphatic carbocycles. The standard InChI is InChI=1S/C124H115BN6O/c1-118(2,3)76-46-56-102-92(62-76)93-63-77(119(4,5)6)47-57-103(93)126(102)83-52-54-98-110(70-83)130(109-45-33-41-89-88-40-32-44-108(116(88)132-117(89)109)129-100-42-30-28-38-86(100)87-39-29-31-43-101(87)129)112-72-85(128-106-60-50-80(122(13,14)15)66-96(106)97-67-81(123(16,17)18)51-61-107(97)128)73-113-114(112)125(98)99-55-53-84(127-104-58-48-78(120(7,8)9)64-94(104)95-65-79(121(10,11)12)49-59-105(95)127)71-111(99)131(113)115-90(74-34-24-22-25-35-74)68-82(124(19,20)21)69-91(115)75-36-26-23-27-37-75/h22-73H,1-21H3/i28D,29D,30D,31D,38D,39D,42D,43D. The molecule has 0 bridgehead atoms. The van der Waals surface area contributed by atoms with E-state index >= 15 is 0 Å². The fraction of sp³-hybridized carbons (Fsp3) is 0.226. The molecule has 7 heterocycles. The summed E-state index contributed by atoms with van der Waals surface area (Å²) in [6.07, 6.45) is 0. The molecule has 0 N–H and O–H groups in total. The molecule has 2 aliphatic heterocycles. The highest BCUT2D eigenvalue weighted by Crippen LogP contribution is 2.56. The first kappa shape index (κ1) is 73.9. The Hall–Kier alpha value is -13.8. The molecule has 132 heavy (non-hydrogen) atoms. The molecule has 5 aromatic heterocycles. The molecule has 650 valence electrons. The Morgan fingerprint density at radius 1 is 0.235 bits per heavy atom. The molecule has 0 spiro atoms. The summed E-state index contributed by atoms with van der Waals surface area (Å²) in [6, 6.07) is 97.5. The second kappa shape index (κ2) is 28.8. The van der Waals surface area contributed by atoms with Gasteiger partial charge < -0.3 is 32.5 Å². The van der Waals surface area contributed by atoms with Gasteiger partial charge in [-0.25, -0.2) is 0 Å². The maximum atomic E-state index is 9.86. The molecule has 0 saturated heterocycles. The smallest absolute Gasteiger partial charge is 0.252 e. The van der Waals surface area contributed by atoms with Gasteiger partial charge in [0.15, 0.2) is 11.2 Å². The van der Waals surface area contributed by atoms with Crippen LogP contribution in [0.4, 0.5) is 34.1 Å². The van der Waals surface area contributed by atoms with E-state index in [1.54, 1.807) is 4.57 Å². The maximum absolute atomic E-state index is 9.86. The molecule has 0 radical (unpaired) electrons. The number of fused-ring (bicyclic) bond motifs is 19. The zero-order valence-electron chi connectivity index (χ0n) is 87.6. The number of furan rings is 1. The van der Waals surface area contributed by atoms with E-state index in [9.17, 15) is 8.22 Å². The van der Waals surface area contributed by atoms with E-state index in [1.807, 2.05) is 18.2 Å². The second-order valence-corrected chi connectivity index (χ2v) is 44.5. The first-order chi connectivity index (χ1) is 66.2. The van der Waals surface area contributed by atoms with Gasteiger partial charge >= 0.3 is 0 Å². The fourth-order valence-electron chi connectivity index (χ4n) is 21.4. The lowest BCUT2D eigenvalue weighted by atomic mass is 9.33. The highest BCUT2D eigenvalue weighted by molar-refractivity contribution is 7.00. The largest absolute Gasteiger partial charge is 0.452 e. The van der Waals surface area contributed by atoms with Gasteiger partial charge in [-0.15, -0.1) is 0 Å². The van der Waals surface area contributed by atoms with Crippen LogP contribution in [0.25, 0.3) is 154 Å². The van der Waals surface area contributed by atoms with Crippen molar-refractivity contribution in [2.75, 3.05) is 9.80 Å². The average molecular weight is 1720 g/mol. The van der Waals surface area contributed by atoms with E-state index in [4.69, 9.17) is 7.16 Å². The summed E-state index contributed by atoms with van der Waals surface area (Å²) in [7, 11) is 0. The second-order valence-electron chi connectivity index (χ2n) is 44.5. The first-order valence-electron chi connectivity index (χ1n) is 50.8. The van der Waals surface area contributed by atoms with Crippen LogP contribution < -0.4 is 26.2 Å². The van der Waals surface area contributed by atoms with Crippen LogP contribution in [0.3, 0.4) is 0 Å². The molecular formula is C124H115BN6O. The van der Waals surface area contributed by atoms with E-state index < -0.39 is 55.1 Å². The first-order valence-corrected chi connectivity index (χ1v) is 46.8. The van der Waals surface area contributed by atoms with Crippen LogP contribution in [0, 0.1) is 0 Å². The van der Waals surface area contributed by atoms with Crippen LogP contribution in [0.15, 0.2) is 320 Å². The van der Waals surface area contributed by atoms with Crippen molar-refractivity contribution in [2.24, 2.45) is 0 Å². The van der Waals surface area contributed by atoms with Crippen LogP contribution in [-0.2, 0) is 37.9 Å². The van der Waals surface area contributed by atoms with Gasteiger partial charge in [0.2, 0.25) is 0 Å². The molecular weight excluding hydrogens is 1600 g/mol. The zero-order valence-corrected chi connectivity index (χ0v) is 79.6. The summed E-state index contributed by atoms with van der Waals surface area (Å²) < 4.78 is 92.9. The van der Waals surface area contributed by atoms with Crippen molar-refractivity contribution >= 4 is 166 Å². The predicted octanol–water partition coefficient (Wildman–Crippen LogP) is 32.5. The third-order valence-corrected chi connectivity index (χ3v) is 28.7. The Labute approximate surface area is 787 Å². The average Bonchev–Trinajstić information content (AvgIpc) is 0.962. The Morgan fingerprint density at radius 2 is 0.553 bits per heavy atom. The Balaban J connectivity index is 0.919. The summed E-state index contributed by atoms with van der Waals surface area (Å²) in [5, 5.41) is 8.34. The molecule has 0 saturated carbocycles. The van der Waals surface area contributed by atoms with Gasteiger partial charge in [0.1, 0.15) is 0 Å². The number of aromatic nitrogens is 4. The van der Waals surface area contributed by atoms with Crippen LogP contribution in [0.2, 0.25) is 0 Å². The van der Waals surface area contributed by atoms with Gasteiger partial charge in [-0.2, -0.15) is 0 Å². The number of benzene rings is 16. The number of para-hydroxylation sites is 4. The van der Waals surface area contributed by atoms with Gasteiger partial charge in [-0.1, -0.05) is 315 Å². The summed E-state index contributed by atoms with van der Waals surface area (Å²) in [6.45, 7) is 47.9. The van der Waals surface area contributed by atoms with Gasteiger partial charge in [-0.05, 0) is 250 Å². The quantitative estimate of drug-likeness (QED) is 0.142. The van der Waals surface area contributed by atoms with Crippen LogP contribution in [-0.4, -0.2) is 25.0 Å². The van der Waals surface area contributed by atoms with Crippen molar-refractivity contribution < 1.29 is 15.4 Å². The third-order valence-electron chi connectivity index (χ3n) is 28.7. The number of hydrogen-bond acceptors (Lipinski definition) is 3. The van der Waals surface area contributed by atoms with Crippen LogP contribution in [0.1, 0.15) is 195 Å². The lowest BCUT2D eigenvalue weighted by molar-refractivity contribution is 0.590. The predicted molar refractivity (Wildman–Crippen MR) is 567 cm³/mol. The summed E-state index contributed by atoms with van der Waals surface area (Å²) >= 11 is 0. The summed E-state index contributed by atoms with van der Waals surface area (Å²) in [5.41, 5.74) is 30.5. The summed E-state index contributed by atoms with van der Waals surface area (Å²) in [5.74, 6) is 0. The van der Waals surface area contributed by atoms with Crippen molar-refractivity contribution in [2.45, 2.75) is 183 Å². The Bertz CT molecular complexity index is 8610. The van der Waals surface area contributed by atoms with E-state index in [1.165, 1.54) is 49.7 Å². The number of rotatable bonds is 8. The number of hydrogen-bond donors (Lipinski definition) is 0. The Morgan fingerprint density at radius 3 is 0.917 bits per heavy atom. The molecule has 0 atom stereocenters. The maximum Gasteiger partial charge on any atom is 0.252 e. The number of anilines is 6. The van der Waals surface area contributed by atoms with Gasteiger partial charge in [0.05, 0.1) is 77.8 Å². The lowest BCUT2D eigenvalue weighted by Gasteiger charge is -2.45. The molecule has 2 aliphatic rings. The normalized spacial score (nSPS) is 14.4. The van der Waals surface area contributed by atoms with E-state index in [2.05, 4.69) is 418 Å². The summed E-state index contributed by atoms with van der Waals surface area (Å²) in [4.78, 5) is 5.15. The molecule has 8 heteroatoms. The molecule has 23 rings (SSSR count). The highest BCUT2D eigenvalue weighted by Gasteiger charge is 2.47. The molecule has 0 unspecified atom stereocenters. The Kier molecular flexibility index (Phi) is 16.2. The van der Waals surface area contributed by atoms with Gasteiger partial charge in [-0.3, -0.25) is 0 Å². The SMILES string of the molecule is [2H]c1c([2H])c([2H])c2c(c1[2H])c1c([2H])c([2H])c([2H])c([2H])c1n2-c1cccc2c1oc1c(N3c4cc(-n5c6ccc(C(C)(C)C)cc6c6cc(C(C)(C)C)ccc65)ccc4B4c5ccc(-n6c7ccc(C(C)(C)C)cc7c7cc(C(C)(C)C)ccc76)cc5N(c5c(-c6ccccc6)cc(C(C)(C)C)cc5-c5ccccc5)c5cc(-n6c7ccc(C(C)(C)C)cc7c7cc(C(C)(C)C)ccc76)cc3c54)cccc12. The van der Waals surface area contributed by atoms with E-state index in [0.717, 1.165) is 144 Å². The topological polar surface area (TPSA) is 39.3 Å². The third kappa shape index (κ3) is 12.9.